The lowest BCUT2D eigenvalue weighted by molar-refractivity contribution is 0.791. The third kappa shape index (κ3) is 2.39. The van der Waals surface area contributed by atoms with Gasteiger partial charge in [0.2, 0.25) is 0 Å². The van der Waals surface area contributed by atoms with E-state index in [-0.39, 0.29) is 0 Å². The molecule has 0 radical (unpaired) electrons. The van der Waals surface area contributed by atoms with Crippen molar-refractivity contribution in [3.63, 3.8) is 0 Å². The summed E-state index contributed by atoms with van der Waals surface area (Å²) in [5.74, 6) is 0.603. The van der Waals surface area contributed by atoms with Crippen LogP contribution in [0.15, 0.2) is 46.9 Å². The Morgan fingerprint density at radius 2 is 1.85 bits per heavy atom. The first-order valence-electron chi connectivity index (χ1n) is 5.75. The standard InChI is InChI=1S/C13H9BrClN5/c14-12-6-3-9(16)7-11(12)13-17-18-19-20(13)10-4-1-8(15)2-5-10/h1-7H,16H2. The Hall–Kier alpha value is -1.92. The first-order valence-corrected chi connectivity index (χ1v) is 6.92. The van der Waals surface area contributed by atoms with E-state index in [1.54, 1.807) is 16.8 Å². The Bertz CT molecular complexity index is 754. The van der Waals surface area contributed by atoms with E-state index < -0.39 is 0 Å². The van der Waals surface area contributed by atoms with Crippen molar-refractivity contribution >= 4 is 33.2 Å². The lowest BCUT2D eigenvalue weighted by atomic mass is 10.2. The molecule has 100 valence electrons. The van der Waals surface area contributed by atoms with Gasteiger partial charge in [-0.15, -0.1) is 5.10 Å². The molecule has 0 aliphatic rings. The maximum atomic E-state index is 5.89. The van der Waals surface area contributed by atoms with E-state index >= 15 is 0 Å². The number of benzene rings is 2. The maximum Gasteiger partial charge on any atom is 0.188 e. The Labute approximate surface area is 128 Å². The van der Waals surface area contributed by atoms with Gasteiger partial charge in [-0.2, -0.15) is 4.68 Å². The van der Waals surface area contributed by atoms with Gasteiger partial charge in [0, 0.05) is 20.7 Å². The number of tetrazole rings is 1. The van der Waals surface area contributed by atoms with E-state index in [2.05, 4.69) is 31.5 Å². The summed E-state index contributed by atoms with van der Waals surface area (Å²) >= 11 is 9.38. The highest BCUT2D eigenvalue weighted by Crippen LogP contribution is 2.29. The second kappa shape index (κ2) is 5.22. The molecule has 20 heavy (non-hydrogen) atoms. The fraction of sp³-hybridized carbons (Fsp3) is 0. The van der Waals surface area contributed by atoms with Crippen LogP contribution in [0.25, 0.3) is 17.1 Å². The first kappa shape index (κ1) is 13.1. The molecule has 5 nitrogen and oxygen atoms in total. The summed E-state index contributed by atoms with van der Waals surface area (Å²) in [4.78, 5) is 0. The summed E-state index contributed by atoms with van der Waals surface area (Å²) in [5.41, 5.74) is 8.12. The zero-order valence-electron chi connectivity index (χ0n) is 10.2. The molecule has 3 aromatic rings. The second-order valence-electron chi connectivity index (χ2n) is 4.13. The van der Waals surface area contributed by atoms with Gasteiger partial charge in [-0.1, -0.05) is 27.5 Å². The van der Waals surface area contributed by atoms with Crippen molar-refractivity contribution in [3.8, 4) is 17.1 Å². The summed E-state index contributed by atoms with van der Waals surface area (Å²) in [5, 5.41) is 12.5. The average molecular weight is 351 g/mol. The molecule has 2 aromatic carbocycles. The number of rotatable bonds is 2. The zero-order valence-corrected chi connectivity index (χ0v) is 12.5. The Balaban J connectivity index is 2.15. The molecule has 7 heteroatoms. The number of hydrogen-bond acceptors (Lipinski definition) is 4. The van der Waals surface area contributed by atoms with E-state index in [1.165, 1.54) is 0 Å². The van der Waals surface area contributed by atoms with E-state index in [0.29, 0.717) is 16.5 Å². The smallest absolute Gasteiger partial charge is 0.188 e. The number of nitrogens with two attached hydrogens (primary N) is 1. The summed E-state index contributed by atoms with van der Waals surface area (Å²) in [7, 11) is 0. The van der Waals surface area contributed by atoms with E-state index in [1.807, 2.05) is 30.3 Å². The molecule has 0 atom stereocenters. The Morgan fingerprint density at radius 3 is 2.60 bits per heavy atom. The zero-order chi connectivity index (χ0) is 14.1. The molecule has 1 aromatic heterocycles. The summed E-state index contributed by atoms with van der Waals surface area (Å²) in [6.45, 7) is 0. The molecule has 0 amide bonds. The average Bonchev–Trinajstić information content (AvgIpc) is 2.91. The van der Waals surface area contributed by atoms with E-state index in [0.717, 1.165) is 15.7 Å². The van der Waals surface area contributed by atoms with E-state index in [4.69, 9.17) is 17.3 Å². The number of halogens is 2. The van der Waals surface area contributed by atoms with Crippen LogP contribution >= 0.6 is 27.5 Å². The van der Waals surface area contributed by atoms with Crippen LogP contribution in [0, 0.1) is 0 Å². The van der Waals surface area contributed by atoms with Gasteiger partial charge in [0.15, 0.2) is 5.82 Å². The van der Waals surface area contributed by atoms with Gasteiger partial charge < -0.3 is 5.73 Å². The van der Waals surface area contributed by atoms with E-state index in [9.17, 15) is 0 Å². The van der Waals surface area contributed by atoms with Crippen molar-refractivity contribution < 1.29 is 0 Å². The van der Waals surface area contributed by atoms with Gasteiger partial charge in [0.25, 0.3) is 0 Å². The third-order valence-electron chi connectivity index (χ3n) is 2.77. The monoisotopic (exact) mass is 349 g/mol. The fourth-order valence-corrected chi connectivity index (χ4v) is 2.38. The lowest BCUT2D eigenvalue weighted by Crippen LogP contribution is -2.00. The van der Waals surface area contributed by atoms with Crippen molar-refractivity contribution in [1.82, 2.24) is 20.2 Å². The van der Waals surface area contributed by atoms with Gasteiger partial charge in [-0.25, -0.2) is 0 Å². The highest BCUT2D eigenvalue weighted by Gasteiger charge is 2.14. The molecule has 0 bridgehead atoms. The van der Waals surface area contributed by atoms with Gasteiger partial charge in [-0.3, -0.25) is 0 Å². The van der Waals surface area contributed by atoms with Crippen LogP contribution in [0.4, 0.5) is 5.69 Å². The fourth-order valence-electron chi connectivity index (χ4n) is 1.83. The van der Waals surface area contributed by atoms with Crippen LogP contribution in [-0.2, 0) is 0 Å². The van der Waals surface area contributed by atoms with Crippen LogP contribution in [0.5, 0.6) is 0 Å². The minimum absolute atomic E-state index is 0.603. The quantitative estimate of drug-likeness (QED) is 0.720. The summed E-state index contributed by atoms with van der Waals surface area (Å²) in [6, 6.07) is 12.8. The van der Waals surface area contributed by atoms with Crippen LogP contribution in [0.1, 0.15) is 0 Å². The van der Waals surface area contributed by atoms with Crippen molar-refractivity contribution in [2.45, 2.75) is 0 Å². The molecule has 0 spiro atoms. The predicted octanol–water partition coefficient (Wildman–Crippen LogP) is 3.33. The molecule has 0 unspecified atom stereocenters. The molecule has 0 aliphatic carbocycles. The molecule has 0 saturated heterocycles. The highest BCUT2D eigenvalue weighted by atomic mass is 79.9. The number of nitrogen functional groups attached to an aromatic ring is 1. The highest BCUT2D eigenvalue weighted by molar-refractivity contribution is 9.10. The maximum absolute atomic E-state index is 5.89. The van der Waals surface area contributed by atoms with Crippen molar-refractivity contribution in [2.24, 2.45) is 0 Å². The molecule has 0 fully saturated rings. The first-order chi connectivity index (χ1) is 9.65. The minimum atomic E-state index is 0.603. The molecule has 1 heterocycles. The van der Waals surface area contributed by atoms with Crippen molar-refractivity contribution in [1.29, 1.82) is 0 Å². The van der Waals surface area contributed by atoms with Crippen LogP contribution in [0.2, 0.25) is 5.02 Å². The third-order valence-corrected chi connectivity index (χ3v) is 3.72. The predicted molar refractivity (Wildman–Crippen MR) is 81.7 cm³/mol. The number of hydrogen-bond donors (Lipinski definition) is 1. The molecular formula is C13H9BrClN5. The molecule has 0 saturated carbocycles. The molecule has 0 aliphatic heterocycles. The molecule has 3 rings (SSSR count). The second-order valence-corrected chi connectivity index (χ2v) is 5.42. The lowest BCUT2D eigenvalue weighted by Gasteiger charge is -2.07. The number of aromatic nitrogens is 4. The Kier molecular flexibility index (Phi) is 3.42. The van der Waals surface area contributed by atoms with Crippen LogP contribution < -0.4 is 5.73 Å². The minimum Gasteiger partial charge on any atom is -0.399 e. The van der Waals surface area contributed by atoms with Gasteiger partial charge in [0.05, 0.1) is 5.69 Å². The topological polar surface area (TPSA) is 69.6 Å². The van der Waals surface area contributed by atoms with Gasteiger partial charge in [-0.05, 0) is 52.9 Å². The Morgan fingerprint density at radius 1 is 1.10 bits per heavy atom. The normalized spacial score (nSPS) is 10.7. The summed E-state index contributed by atoms with van der Waals surface area (Å²) in [6.07, 6.45) is 0. The van der Waals surface area contributed by atoms with Gasteiger partial charge in [0.1, 0.15) is 0 Å². The van der Waals surface area contributed by atoms with Crippen LogP contribution in [-0.4, -0.2) is 20.2 Å². The summed E-state index contributed by atoms with van der Waals surface area (Å²) < 4.78 is 2.51. The largest absolute Gasteiger partial charge is 0.399 e. The van der Waals surface area contributed by atoms with Crippen molar-refractivity contribution in [2.75, 3.05) is 5.73 Å². The molecule has 2 N–H and O–H groups in total. The number of nitrogens with zero attached hydrogens (tertiary/aromatic N) is 4. The van der Waals surface area contributed by atoms with Crippen molar-refractivity contribution in [3.05, 3.63) is 52.0 Å². The number of anilines is 1. The van der Waals surface area contributed by atoms with Crippen LogP contribution in [0.3, 0.4) is 0 Å². The molecular weight excluding hydrogens is 342 g/mol. The SMILES string of the molecule is Nc1ccc(Br)c(-c2nnnn2-c2ccc(Cl)cc2)c1. The van der Waals surface area contributed by atoms with Gasteiger partial charge >= 0.3 is 0 Å².